The molecule has 1 atom stereocenters. The first-order chi connectivity index (χ1) is 15.7. The molecule has 3 aromatic rings. The molecule has 0 unspecified atom stereocenters. The van der Waals surface area contributed by atoms with Gasteiger partial charge in [-0.1, -0.05) is 29.3 Å². The Morgan fingerprint density at radius 1 is 1.24 bits per heavy atom. The van der Waals surface area contributed by atoms with Crippen LogP contribution in [0.15, 0.2) is 36.4 Å². The number of aryl methyl sites for hydroxylation is 1. The van der Waals surface area contributed by atoms with Crippen LogP contribution in [0, 0.1) is 0 Å². The summed E-state index contributed by atoms with van der Waals surface area (Å²) in [6.45, 7) is 2.46. The summed E-state index contributed by atoms with van der Waals surface area (Å²) in [5, 5.41) is 5.56. The zero-order chi connectivity index (χ0) is 23.9. The second kappa shape index (κ2) is 9.08. The Labute approximate surface area is 202 Å². The van der Waals surface area contributed by atoms with Crippen molar-refractivity contribution in [3.8, 4) is 17.0 Å². The lowest BCUT2D eigenvalue weighted by atomic mass is 9.94. The van der Waals surface area contributed by atoms with Crippen molar-refractivity contribution < 1.29 is 14.3 Å². The minimum atomic E-state index is -0.422. The van der Waals surface area contributed by atoms with Gasteiger partial charge in [0.1, 0.15) is 5.75 Å². The van der Waals surface area contributed by atoms with E-state index in [4.69, 9.17) is 38.8 Å². The SMILES string of the molecule is COc1cccc(C(=O)N2CCc3c(nn(C)c3-c3cc(Cl)cc(CC(N)=O)c3)[C@@H]2C)c1Cl. The molecule has 33 heavy (non-hydrogen) atoms. The van der Waals surface area contributed by atoms with Gasteiger partial charge in [0.05, 0.1) is 41.5 Å². The van der Waals surface area contributed by atoms with Gasteiger partial charge in [-0.15, -0.1) is 0 Å². The molecule has 2 amide bonds. The molecule has 2 N–H and O–H groups in total. The number of amides is 2. The Balaban J connectivity index is 1.70. The topological polar surface area (TPSA) is 90.4 Å². The summed E-state index contributed by atoms with van der Waals surface area (Å²) in [5.41, 5.74) is 10.2. The molecule has 2 aromatic carbocycles. The van der Waals surface area contributed by atoms with Crippen molar-refractivity contribution in [2.45, 2.75) is 25.8 Å². The molecule has 0 radical (unpaired) electrons. The first kappa shape index (κ1) is 23.1. The third kappa shape index (κ3) is 4.30. The van der Waals surface area contributed by atoms with Crippen LogP contribution in [-0.4, -0.2) is 40.1 Å². The van der Waals surface area contributed by atoms with Crippen LogP contribution in [0.25, 0.3) is 11.3 Å². The number of fused-ring (bicyclic) bond motifs is 1. The highest BCUT2D eigenvalue weighted by Gasteiger charge is 2.34. The lowest BCUT2D eigenvalue weighted by molar-refractivity contribution is -0.117. The fraction of sp³-hybridized carbons (Fsp3) is 0.292. The summed E-state index contributed by atoms with van der Waals surface area (Å²) in [6, 6.07) is 10.4. The largest absolute Gasteiger partial charge is 0.495 e. The highest BCUT2D eigenvalue weighted by molar-refractivity contribution is 6.35. The van der Waals surface area contributed by atoms with Crippen LogP contribution in [0.5, 0.6) is 5.75 Å². The van der Waals surface area contributed by atoms with Crippen molar-refractivity contribution in [3.63, 3.8) is 0 Å². The molecule has 4 rings (SSSR count). The molecule has 7 nitrogen and oxygen atoms in total. The molecule has 2 heterocycles. The van der Waals surface area contributed by atoms with Gasteiger partial charge in [0.25, 0.3) is 5.91 Å². The Bertz CT molecular complexity index is 1250. The molecule has 1 aliphatic rings. The minimum Gasteiger partial charge on any atom is -0.495 e. The number of rotatable bonds is 5. The molecule has 0 bridgehead atoms. The van der Waals surface area contributed by atoms with E-state index < -0.39 is 5.91 Å². The summed E-state index contributed by atoms with van der Waals surface area (Å²) in [4.78, 5) is 26.5. The average Bonchev–Trinajstić information content (AvgIpc) is 3.09. The fourth-order valence-corrected chi connectivity index (χ4v) is 5.00. The Morgan fingerprint density at radius 3 is 2.70 bits per heavy atom. The third-order valence-corrected chi connectivity index (χ3v) is 6.53. The smallest absolute Gasteiger partial charge is 0.256 e. The van der Waals surface area contributed by atoms with Crippen molar-refractivity contribution in [3.05, 3.63) is 68.8 Å². The van der Waals surface area contributed by atoms with Crippen LogP contribution >= 0.6 is 23.2 Å². The van der Waals surface area contributed by atoms with Gasteiger partial charge in [-0.05, 0) is 49.2 Å². The molecular weight excluding hydrogens is 463 g/mol. The number of benzene rings is 2. The van der Waals surface area contributed by atoms with Crippen LogP contribution < -0.4 is 10.5 Å². The number of carbonyl (C=O) groups excluding carboxylic acids is 2. The number of aromatic nitrogens is 2. The number of methoxy groups -OCH3 is 1. The molecule has 1 aliphatic heterocycles. The maximum absolute atomic E-state index is 13.4. The van der Waals surface area contributed by atoms with E-state index in [1.807, 2.05) is 26.1 Å². The number of ether oxygens (including phenoxy) is 1. The maximum atomic E-state index is 13.4. The molecular formula is C24H24Cl2N4O3. The van der Waals surface area contributed by atoms with Crippen molar-refractivity contribution >= 4 is 35.0 Å². The van der Waals surface area contributed by atoms with Gasteiger partial charge in [-0.3, -0.25) is 14.3 Å². The van der Waals surface area contributed by atoms with E-state index in [0.29, 0.717) is 34.3 Å². The van der Waals surface area contributed by atoms with E-state index in [0.717, 1.165) is 28.1 Å². The summed E-state index contributed by atoms with van der Waals surface area (Å²) < 4.78 is 7.06. The molecule has 0 spiro atoms. The molecule has 0 aliphatic carbocycles. The van der Waals surface area contributed by atoms with Crippen LogP contribution in [0.4, 0.5) is 0 Å². The van der Waals surface area contributed by atoms with E-state index >= 15 is 0 Å². The van der Waals surface area contributed by atoms with Crippen molar-refractivity contribution in [1.29, 1.82) is 0 Å². The number of hydrogen-bond acceptors (Lipinski definition) is 4. The monoisotopic (exact) mass is 486 g/mol. The molecule has 0 fully saturated rings. The van der Waals surface area contributed by atoms with Gasteiger partial charge < -0.3 is 15.4 Å². The lowest BCUT2D eigenvalue weighted by Gasteiger charge is -2.33. The number of carbonyl (C=O) groups is 2. The standard InChI is InChI=1S/C24H24Cl2N4O3/c1-13-22-18(7-8-30(13)24(32)17-5-4-6-19(33-3)21(17)26)23(29(2)28-22)15-9-14(11-20(27)31)10-16(25)12-15/h4-6,9-10,12-13H,7-8,11H2,1-3H3,(H2,27,31)/t13-/m0/s1. The molecule has 0 saturated heterocycles. The third-order valence-electron chi connectivity index (χ3n) is 5.93. The van der Waals surface area contributed by atoms with Crippen molar-refractivity contribution in [1.82, 2.24) is 14.7 Å². The van der Waals surface area contributed by atoms with E-state index in [2.05, 4.69) is 0 Å². The molecule has 9 heteroatoms. The van der Waals surface area contributed by atoms with E-state index in [1.165, 1.54) is 7.11 Å². The minimum absolute atomic E-state index is 0.105. The molecule has 1 aromatic heterocycles. The summed E-state index contributed by atoms with van der Waals surface area (Å²) in [6.07, 6.45) is 0.724. The van der Waals surface area contributed by atoms with Crippen LogP contribution in [0.2, 0.25) is 10.0 Å². The zero-order valence-electron chi connectivity index (χ0n) is 18.6. The first-order valence-electron chi connectivity index (χ1n) is 10.5. The Morgan fingerprint density at radius 2 is 2.00 bits per heavy atom. The zero-order valence-corrected chi connectivity index (χ0v) is 20.1. The maximum Gasteiger partial charge on any atom is 0.256 e. The highest BCUT2D eigenvalue weighted by atomic mass is 35.5. The van der Waals surface area contributed by atoms with Crippen LogP contribution in [0.3, 0.4) is 0 Å². The van der Waals surface area contributed by atoms with Gasteiger partial charge in [0.2, 0.25) is 5.91 Å². The number of primary amides is 1. The number of hydrogen-bond donors (Lipinski definition) is 1. The van der Waals surface area contributed by atoms with Gasteiger partial charge in [-0.2, -0.15) is 5.10 Å². The predicted octanol–water partition coefficient (Wildman–Crippen LogP) is 4.19. The van der Waals surface area contributed by atoms with Gasteiger partial charge in [-0.25, -0.2) is 0 Å². The Kier molecular flexibility index (Phi) is 6.36. The average molecular weight is 487 g/mol. The van der Waals surface area contributed by atoms with E-state index in [9.17, 15) is 9.59 Å². The van der Waals surface area contributed by atoms with Gasteiger partial charge in [0, 0.05) is 29.7 Å². The first-order valence-corrected chi connectivity index (χ1v) is 11.2. The van der Waals surface area contributed by atoms with Gasteiger partial charge >= 0.3 is 0 Å². The van der Waals surface area contributed by atoms with Crippen molar-refractivity contribution in [2.75, 3.05) is 13.7 Å². The fourth-order valence-electron chi connectivity index (χ4n) is 4.46. The number of nitrogens with zero attached hydrogens (tertiary/aromatic N) is 3. The number of nitrogens with two attached hydrogens (primary N) is 1. The Hall–Kier alpha value is -3.03. The van der Waals surface area contributed by atoms with E-state index in [-0.39, 0.29) is 18.4 Å². The van der Waals surface area contributed by atoms with Crippen LogP contribution in [0.1, 0.15) is 40.1 Å². The summed E-state index contributed by atoms with van der Waals surface area (Å²) in [7, 11) is 3.38. The van der Waals surface area contributed by atoms with Crippen LogP contribution in [-0.2, 0) is 24.7 Å². The van der Waals surface area contributed by atoms with Gasteiger partial charge in [0.15, 0.2) is 0 Å². The second-order valence-corrected chi connectivity index (χ2v) is 8.89. The highest BCUT2D eigenvalue weighted by Crippen LogP contribution is 2.38. The second-order valence-electron chi connectivity index (χ2n) is 8.07. The van der Waals surface area contributed by atoms with Crippen molar-refractivity contribution in [2.24, 2.45) is 12.8 Å². The quantitative estimate of drug-likeness (QED) is 0.585. The molecule has 172 valence electrons. The molecule has 0 saturated carbocycles. The predicted molar refractivity (Wildman–Crippen MR) is 128 cm³/mol. The van der Waals surface area contributed by atoms with E-state index in [1.54, 1.807) is 33.8 Å². The normalized spacial score (nSPS) is 15.3. The number of halogens is 2. The summed E-state index contributed by atoms with van der Waals surface area (Å²) >= 11 is 12.7. The lowest BCUT2D eigenvalue weighted by Crippen LogP contribution is -2.39. The summed E-state index contributed by atoms with van der Waals surface area (Å²) in [5.74, 6) is -0.134.